The topological polar surface area (TPSA) is 70.9 Å². The molecule has 25 heavy (non-hydrogen) atoms. The van der Waals surface area contributed by atoms with Gasteiger partial charge in [-0.25, -0.2) is 12.7 Å². The van der Waals surface area contributed by atoms with E-state index in [0.717, 1.165) is 17.1 Å². The molecule has 6 nitrogen and oxygen atoms in total. The number of nitrogens with one attached hydrogen (secondary N) is 2. The highest BCUT2D eigenvalue weighted by Gasteiger charge is 2.38. The van der Waals surface area contributed by atoms with E-state index in [9.17, 15) is 13.2 Å². The lowest BCUT2D eigenvalue weighted by Crippen LogP contribution is -3.16. The number of nitrogens with zero attached hydrogens (tertiary/aromatic N) is 1. The van der Waals surface area contributed by atoms with Crippen molar-refractivity contribution in [3.8, 4) is 0 Å². The van der Waals surface area contributed by atoms with Gasteiger partial charge in [-0.05, 0) is 37.1 Å². The lowest BCUT2D eigenvalue weighted by molar-refractivity contribution is -0.916. The maximum Gasteiger partial charge on any atom is 0.251 e. The summed E-state index contributed by atoms with van der Waals surface area (Å²) < 4.78 is 25.3. The molecule has 0 aromatic heterocycles. The predicted molar refractivity (Wildman–Crippen MR) is 98.3 cm³/mol. The second-order valence-corrected chi connectivity index (χ2v) is 9.49. The summed E-state index contributed by atoms with van der Waals surface area (Å²) >= 11 is 0. The Morgan fingerprint density at radius 1 is 1.12 bits per heavy atom. The highest BCUT2D eigenvalue weighted by Crippen LogP contribution is 2.25. The van der Waals surface area contributed by atoms with Crippen LogP contribution in [0.5, 0.6) is 0 Å². The first-order valence-corrected chi connectivity index (χ1v) is 10.2. The highest BCUT2D eigenvalue weighted by molar-refractivity contribution is 7.89. The van der Waals surface area contributed by atoms with Crippen LogP contribution in [0.2, 0.25) is 0 Å². The number of likely N-dealkylation sites (N-methyl/N-ethyl adjacent to an activating group) is 1. The molecule has 0 spiro atoms. The van der Waals surface area contributed by atoms with Crippen LogP contribution in [0.25, 0.3) is 0 Å². The molecule has 0 atom stereocenters. The summed E-state index contributed by atoms with van der Waals surface area (Å²) in [5, 5.41) is 3.05. The molecule has 0 radical (unpaired) electrons. The molecule has 0 unspecified atom stereocenters. The van der Waals surface area contributed by atoms with Crippen LogP contribution < -0.4 is 10.2 Å². The zero-order chi connectivity index (χ0) is 18.7. The number of amides is 1. The van der Waals surface area contributed by atoms with Crippen molar-refractivity contribution in [2.45, 2.75) is 42.5 Å². The Kier molecular flexibility index (Phi) is 6.24. The highest BCUT2D eigenvalue weighted by atomic mass is 32.2. The SMILES string of the molecule is CN(C)S(=O)(=O)c1ccc(C(=O)NCC2([NH+](C)C)CCCCC2)cc1. The Balaban J connectivity index is 2.06. The minimum absolute atomic E-state index is 0.0993. The fourth-order valence-electron chi connectivity index (χ4n) is 3.42. The van der Waals surface area contributed by atoms with Crippen LogP contribution in [0.3, 0.4) is 0 Å². The summed E-state index contributed by atoms with van der Waals surface area (Å²) in [7, 11) is 3.81. The van der Waals surface area contributed by atoms with Crippen molar-refractivity contribution >= 4 is 15.9 Å². The summed E-state index contributed by atoms with van der Waals surface area (Å²) in [5.41, 5.74) is 0.583. The van der Waals surface area contributed by atoms with Gasteiger partial charge in [0.25, 0.3) is 5.91 Å². The van der Waals surface area contributed by atoms with Crippen molar-refractivity contribution in [3.05, 3.63) is 29.8 Å². The molecule has 1 aliphatic carbocycles. The first kappa shape index (κ1) is 19.9. The first-order valence-electron chi connectivity index (χ1n) is 8.80. The lowest BCUT2D eigenvalue weighted by Gasteiger charge is -2.39. The summed E-state index contributed by atoms with van der Waals surface area (Å²) in [6, 6.07) is 6.11. The third-order valence-corrected chi connectivity index (χ3v) is 7.18. The van der Waals surface area contributed by atoms with Crippen molar-refractivity contribution in [1.29, 1.82) is 0 Å². The molecule has 7 heteroatoms. The van der Waals surface area contributed by atoms with Gasteiger partial charge >= 0.3 is 0 Å². The number of carbonyl (C=O) groups excluding carboxylic acids is 1. The second kappa shape index (κ2) is 7.85. The number of hydrogen-bond donors (Lipinski definition) is 2. The molecule has 1 aromatic carbocycles. The third-order valence-electron chi connectivity index (χ3n) is 5.35. The summed E-state index contributed by atoms with van der Waals surface area (Å²) in [6.07, 6.45) is 5.92. The van der Waals surface area contributed by atoms with E-state index in [4.69, 9.17) is 0 Å². The van der Waals surface area contributed by atoms with E-state index in [2.05, 4.69) is 19.4 Å². The maximum absolute atomic E-state index is 12.5. The summed E-state index contributed by atoms with van der Waals surface area (Å²) in [5.74, 6) is -0.153. The Morgan fingerprint density at radius 2 is 1.68 bits per heavy atom. The lowest BCUT2D eigenvalue weighted by atomic mass is 9.80. The Bertz CT molecular complexity index is 691. The van der Waals surface area contributed by atoms with Crippen molar-refractivity contribution in [2.75, 3.05) is 34.7 Å². The van der Waals surface area contributed by atoms with Crippen LogP contribution in [-0.4, -0.2) is 58.9 Å². The number of quaternary nitrogens is 1. The molecule has 0 heterocycles. The number of benzene rings is 1. The molecule has 140 valence electrons. The van der Waals surface area contributed by atoms with Crippen LogP contribution in [0.1, 0.15) is 42.5 Å². The van der Waals surface area contributed by atoms with E-state index in [0.29, 0.717) is 12.1 Å². The number of hydrogen-bond acceptors (Lipinski definition) is 3. The normalized spacial score (nSPS) is 17.7. The standard InChI is InChI=1S/C18H29N3O3S/c1-20(2)18(12-6-5-7-13-18)14-19-17(22)15-8-10-16(11-9-15)25(23,24)21(3)4/h8-11H,5-7,12-14H2,1-4H3,(H,19,22)/p+1. The molecule has 0 aliphatic heterocycles. The molecule has 1 amide bonds. The third kappa shape index (κ3) is 4.40. The molecular weight excluding hydrogens is 338 g/mol. The van der Waals surface area contributed by atoms with Gasteiger partial charge in [0.15, 0.2) is 0 Å². The van der Waals surface area contributed by atoms with Crippen molar-refractivity contribution < 1.29 is 18.1 Å². The van der Waals surface area contributed by atoms with Crippen LogP contribution in [0.4, 0.5) is 0 Å². The molecule has 1 aromatic rings. The number of rotatable bonds is 6. The fraction of sp³-hybridized carbons (Fsp3) is 0.611. The van der Waals surface area contributed by atoms with Gasteiger partial charge < -0.3 is 10.2 Å². The average Bonchev–Trinajstić information content (AvgIpc) is 2.60. The Labute approximate surface area is 151 Å². The molecule has 1 fully saturated rings. The molecule has 2 rings (SSSR count). The first-order chi connectivity index (χ1) is 11.7. The molecule has 0 saturated heterocycles. The van der Waals surface area contributed by atoms with Crippen molar-refractivity contribution in [3.63, 3.8) is 0 Å². The fourth-order valence-corrected chi connectivity index (χ4v) is 4.32. The van der Waals surface area contributed by atoms with Gasteiger partial charge in [-0.3, -0.25) is 4.79 Å². The second-order valence-electron chi connectivity index (χ2n) is 7.34. The predicted octanol–water partition coefficient (Wildman–Crippen LogP) is 0.514. The van der Waals surface area contributed by atoms with Gasteiger partial charge in [0.05, 0.1) is 25.5 Å². The smallest absolute Gasteiger partial charge is 0.251 e. The largest absolute Gasteiger partial charge is 0.346 e. The van der Waals surface area contributed by atoms with Gasteiger partial charge in [0, 0.05) is 32.5 Å². The zero-order valence-electron chi connectivity index (χ0n) is 15.6. The monoisotopic (exact) mass is 368 g/mol. The average molecular weight is 369 g/mol. The minimum atomic E-state index is -3.47. The van der Waals surface area contributed by atoms with E-state index in [1.54, 1.807) is 12.1 Å². The van der Waals surface area contributed by atoms with Gasteiger partial charge in [0.2, 0.25) is 10.0 Å². The van der Waals surface area contributed by atoms with E-state index >= 15 is 0 Å². The van der Waals surface area contributed by atoms with E-state index in [-0.39, 0.29) is 16.3 Å². The van der Waals surface area contributed by atoms with Crippen molar-refractivity contribution in [1.82, 2.24) is 9.62 Å². The van der Waals surface area contributed by atoms with Crippen LogP contribution in [0, 0.1) is 0 Å². The molecular formula is C18H30N3O3S+. The zero-order valence-corrected chi connectivity index (χ0v) is 16.4. The molecule has 1 saturated carbocycles. The maximum atomic E-state index is 12.5. The van der Waals surface area contributed by atoms with Gasteiger partial charge in [-0.1, -0.05) is 6.42 Å². The van der Waals surface area contributed by atoms with E-state index < -0.39 is 10.0 Å². The van der Waals surface area contributed by atoms with Gasteiger partial charge in [-0.2, -0.15) is 0 Å². The van der Waals surface area contributed by atoms with Crippen LogP contribution >= 0.6 is 0 Å². The Hall–Kier alpha value is -1.44. The Morgan fingerprint density at radius 3 is 2.16 bits per heavy atom. The number of sulfonamides is 1. The van der Waals surface area contributed by atoms with Crippen LogP contribution in [-0.2, 0) is 10.0 Å². The summed E-state index contributed by atoms with van der Waals surface area (Å²) in [4.78, 5) is 14.0. The van der Waals surface area contributed by atoms with Gasteiger partial charge in [0.1, 0.15) is 5.54 Å². The van der Waals surface area contributed by atoms with E-state index in [1.165, 1.54) is 50.4 Å². The van der Waals surface area contributed by atoms with Crippen molar-refractivity contribution in [2.24, 2.45) is 0 Å². The van der Waals surface area contributed by atoms with Gasteiger partial charge in [-0.15, -0.1) is 0 Å². The van der Waals surface area contributed by atoms with E-state index in [1.807, 2.05) is 0 Å². The molecule has 2 N–H and O–H groups in total. The van der Waals surface area contributed by atoms with Crippen LogP contribution in [0.15, 0.2) is 29.2 Å². The minimum Gasteiger partial charge on any atom is -0.346 e. The molecule has 1 aliphatic rings. The quantitative estimate of drug-likeness (QED) is 0.769. The summed E-state index contributed by atoms with van der Waals surface area (Å²) in [6.45, 7) is 0.645. The molecule has 0 bridgehead atoms. The number of carbonyl (C=O) groups is 1.